The Morgan fingerprint density at radius 1 is 1.28 bits per heavy atom. The first-order chi connectivity index (χ1) is 12.2. The number of carbonyl (C=O) groups is 2. The molecule has 0 bridgehead atoms. The number of hydrogen-bond donors (Lipinski definition) is 3. The lowest BCUT2D eigenvalue weighted by molar-refractivity contribution is -0.122. The molecule has 0 aromatic heterocycles. The molecule has 2 aliphatic rings. The van der Waals surface area contributed by atoms with E-state index in [9.17, 15) is 9.59 Å². The Bertz CT molecular complexity index is 632. The zero-order valence-corrected chi connectivity index (χ0v) is 14.8. The van der Waals surface area contributed by atoms with Crippen molar-refractivity contribution < 1.29 is 14.3 Å². The van der Waals surface area contributed by atoms with E-state index in [1.54, 1.807) is 7.11 Å². The van der Waals surface area contributed by atoms with Gasteiger partial charge in [-0.15, -0.1) is 0 Å². The molecule has 1 aromatic carbocycles. The van der Waals surface area contributed by atoms with Crippen LogP contribution in [0.25, 0.3) is 0 Å². The molecule has 1 aliphatic carbocycles. The van der Waals surface area contributed by atoms with Crippen LogP contribution in [0.4, 0.5) is 4.79 Å². The average molecular weight is 345 g/mol. The third kappa shape index (κ3) is 4.44. The van der Waals surface area contributed by atoms with Gasteiger partial charge in [-0.05, 0) is 61.8 Å². The molecule has 6 nitrogen and oxygen atoms in total. The fraction of sp³-hybridized carbons (Fsp3) is 0.579. The minimum absolute atomic E-state index is 0.0808. The molecule has 0 unspecified atom stereocenters. The summed E-state index contributed by atoms with van der Waals surface area (Å²) in [6.07, 6.45) is 5.83. The van der Waals surface area contributed by atoms with E-state index in [0.717, 1.165) is 37.9 Å². The number of fused-ring (bicyclic) bond motifs is 1. The number of nitrogens with one attached hydrogen (secondary N) is 3. The van der Waals surface area contributed by atoms with Crippen molar-refractivity contribution in [2.75, 3.05) is 20.2 Å². The maximum Gasteiger partial charge on any atom is 0.315 e. The summed E-state index contributed by atoms with van der Waals surface area (Å²) in [4.78, 5) is 24.1. The van der Waals surface area contributed by atoms with Gasteiger partial charge in [0.25, 0.3) is 0 Å². The van der Waals surface area contributed by atoms with Crippen LogP contribution in [0.2, 0.25) is 0 Å². The Balaban J connectivity index is 1.55. The van der Waals surface area contributed by atoms with Crippen molar-refractivity contribution in [1.29, 1.82) is 0 Å². The van der Waals surface area contributed by atoms with Gasteiger partial charge in [0.05, 0.1) is 7.11 Å². The predicted molar refractivity (Wildman–Crippen MR) is 95.9 cm³/mol. The molecule has 0 radical (unpaired) electrons. The molecule has 2 atom stereocenters. The van der Waals surface area contributed by atoms with Crippen LogP contribution < -0.4 is 20.7 Å². The summed E-state index contributed by atoms with van der Waals surface area (Å²) in [5.74, 6) is 1.11. The fourth-order valence-corrected chi connectivity index (χ4v) is 3.73. The van der Waals surface area contributed by atoms with Crippen molar-refractivity contribution in [2.24, 2.45) is 0 Å². The molecule has 6 heteroatoms. The van der Waals surface area contributed by atoms with Gasteiger partial charge >= 0.3 is 6.03 Å². The highest BCUT2D eigenvalue weighted by atomic mass is 16.5. The molecule has 25 heavy (non-hydrogen) atoms. The van der Waals surface area contributed by atoms with Gasteiger partial charge in [0.15, 0.2) is 0 Å². The summed E-state index contributed by atoms with van der Waals surface area (Å²) in [5, 5.41) is 8.59. The number of rotatable bonds is 4. The largest absolute Gasteiger partial charge is 0.497 e. The lowest BCUT2D eigenvalue weighted by Gasteiger charge is -2.26. The van der Waals surface area contributed by atoms with Gasteiger partial charge in [0.2, 0.25) is 5.91 Å². The minimum Gasteiger partial charge on any atom is -0.497 e. The van der Waals surface area contributed by atoms with Crippen molar-refractivity contribution in [3.05, 3.63) is 29.3 Å². The standard InChI is InChI=1S/C19H27N3O3/c1-25-15-8-9-16-13(11-15)5-4-6-14(16)12-21-19(24)22-17-7-2-3-10-20-18(17)23/h8-9,11,14,17H,2-7,10,12H2,1H3,(H,20,23)(H2,21,22,24)/t14-,17+/m1/s1. The summed E-state index contributed by atoms with van der Waals surface area (Å²) < 4.78 is 5.30. The maximum absolute atomic E-state index is 12.2. The molecule has 1 aliphatic heterocycles. The van der Waals surface area contributed by atoms with Crippen LogP contribution in [0, 0.1) is 0 Å². The molecular formula is C19H27N3O3. The van der Waals surface area contributed by atoms with Gasteiger partial charge in [0.1, 0.15) is 11.8 Å². The van der Waals surface area contributed by atoms with Crippen LogP contribution in [0.15, 0.2) is 18.2 Å². The van der Waals surface area contributed by atoms with Gasteiger partial charge in [0, 0.05) is 19.0 Å². The summed E-state index contributed by atoms with van der Waals surface area (Å²) in [5.41, 5.74) is 2.60. The van der Waals surface area contributed by atoms with E-state index in [0.29, 0.717) is 25.4 Å². The highest BCUT2D eigenvalue weighted by Gasteiger charge is 2.24. The number of methoxy groups -OCH3 is 1. The third-order valence-corrected chi connectivity index (χ3v) is 5.14. The van der Waals surface area contributed by atoms with E-state index >= 15 is 0 Å². The highest BCUT2D eigenvalue weighted by Crippen LogP contribution is 2.33. The van der Waals surface area contributed by atoms with E-state index in [-0.39, 0.29) is 11.9 Å². The number of ether oxygens (including phenoxy) is 1. The Kier molecular flexibility index (Phi) is 5.79. The molecule has 0 spiro atoms. The summed E-state index contributed by atoms with van der Waals surface area (Å²) in [6.45, 7) is 1.28. The van der Waals surface area contributed by atoms with Crippen molar-refractivity contribution in [1.82, 2.24) is 16.0 Å². The second kappa shape index (κ2) is 8.23. The lowest BCUT2D eigenvalue weighted by Crippen LogP contribution is -2.49. The van der Waals surface area contributed by atoms with E-state index in [4.69, 9.17) is 4.74 Å². The second-order valence-electron chi connectivity index (χ2n) is 6.85. The quantitative estimate of drug-likeness (QED) is 0.782. The van der Waals surface area contributed by atoms with Crippen molar-refractivity contribution >= 4 is 11.9 Å². The van der Waals surface area contributed by atoms with E-state index < -0.39 is 6.04 Å². The molecule has 1 aromatic rings. The Morgan fingerprint density at radius 2 is 2.16 bits per heavy atom. The first kappa shape index (κ1) is 17.6. The monoisotopic (exact) mass is 345 g/mol. The van der Waals surface area contributed by atoms with Crippen molar-refractivity contribution in [3.8, 4) is 5.75 Å². The number of aryl methyl sites for hydroxylation is 1. The van der Waals surface area contributed by atoms with E-state index in [1.807, 2.05) is 6.07 Å². The average Bonchev–Trinajstić information content (AvgIpc) is 2.83. The number of hydrogen-bond acceptors (Lipinski definition) is 3. The van der Waals surface area contributed by atoms with Crippen LogP contribution in [0.3, 0.4) is 0 Å². The first-order valence-corrected chi connectivity index (χ1v) is 9.16. The van der Waals surface area contributed by atoms with Crippen LogP contribution >= 0.6 is 0 Å². The number of benzene rings is 1. The first-order valence-electron chi connectivity index (χ1n) is 9.16. The van der Waals surface area contributed by atoms with Crippen LogP contribution in [-0.2, 0) is 11.2 Å². The highest BCUT2D eigenvalue weighted by molar-refractivity contribution is 5.87. The van der Waals surface area contributed by atoms with Crippen LogP contribution in [0.5, 0.6) is 5.75 Å². The summed E-state index contributed by atoms with van der Waals surface area (Å²) in [6, 6.07) is 5.49. The van der Waals surface area contributed by atoms with E-state index in [2.05, 4.69) is 28.1 Å². The van der Waals surface area contributed by atoms with Gasteiger partial charge in [-0.2, -0.15) is 0 Å². The molecule has 1 fully saturated rings. The number of amides is 3. The van der Waals surface area contributed by atoms with Gasteiger partial charge in [-0.3, -0.25) is 4.79 Å². The van der Waals surface area contributed by atoms with Crippen molar-refractivity contribution in [2.45, 2.75) is 50.5 Å². The minimum atomic E-state index is -0.426. The maximum atomic E-state index is 12.2. The zero-order chi connectivity index (χ0) is 17.6. The molecule has 136 valence electrons. The third-order valence-electron chi connectivity index (χ3n) is 5.14. The molecule has 3 amide bonds. The number of carbonyl (C=O) groups excluding carboxylic acids is 2. The second-order valence-corrected chi connectivity index (χ2v) is 6.85. The molecule has 1 heterocycles. The molecule has 0 saturated carbocycles. The molecule has 1 saturated heterocycles. The van der Waals surface area contributed by atoms with Crippen LogP contribution in [0.1, 0.15) is 49.1 Å². The van der Waals surface area contributed by atoms with Crippen LogP contribution in [-0.4, -0.2) is 38.2 Å². The number of urea groups is 1. The summed E-state index contributed by atoms with van der Waals surface area (Å²) >= 11 is 0. The normalized spacial score (nSPS) is 23.0. The van der Waals surface area contributed by atoms with Gasteiger partial charge < -0.3 is 20.7 Å². The predicted octanol–water partition coefficient (Wildman–Crippen LogP) is 2.08. The smallest absolute Gasteiger partial charge is 0.315 e. The molecule has 3 N–H and O–H groups in total. The topological polar surface area (TPSA) is 79.5 Å². The Morgan fingerprint density at radius 3 is 3.00 bits per heavy atom. The van der Waals surface area contributed by atoms with Gasteiger partial charge in [-0.25, -0.2) is 4.79 Å². The fourth-order valence-electron chi connectivity index (χ4n) is 3.73. The Hall–Kier alpha value is -2.24. The zero-order valence-electron chi connectivity index (χ0n) is 14.8. The van der Waals surface area contributed by atoms with E-state index in [1.165, 1.54) is 11.1 Å². The molecule has 3 rings (SSSR count). The lowest BCUT2D eigenvalue weighted by atomic mass is 9.82. The van der Waals surface area contributed by atoms with Gasteiger partial charge in [-0.1, -0.05) is 6.07 Å². The molecular weight excluding hydrogens is 318 g/mol. The summed E-state index contributed by atoms with van der Waals surface area (Å²) in [7, 11) is 1.68. The SMILES string of the molecule is COc1ccc2c(c1)CCC[C@@H]2CNC(=O)N[C@H]1CCCCNC1=O. The Labute approximate surface area is 148 Å². The van der Waals surface area contributed by atoms with Crippen molar-refractivity contribution in [3.63, 3.8) is 0 Å².